The molecular formula is C24H51NO2S. The Balaban J connectivity index is 0. The first-order valence-corrected chi connectivity index (χ1v) is 13.3. The van der Waals surface area contributed by atoms with Gasteiger partial charge < -0.3 is 10.8 Å². The van der Waals surface area contributed by atoms with Gasteiger partial charge in [0, 0.05) is 5.75 Å². The predicted octanol–water partition coefficient (Wildman–Crippen LogP) is 7.81. The highest BCUT2D eigenvalue weighted by Crippen LogP contribution is 2.13. The molecule has 28 heavy (non-hydrogen) atoms. The first kappa shape index (κ1) is 30.0. The zero-order valence-corrected chi connectivity index (χ0v) is 20.0. The van der Waals surface area contributed by atoms with Crippen molar-refractivity contribution in [1.29, 1.82) is 0 Å². The van der Waals surface area contributed by atoms with E-state index in [-0.39, 0.29) is 0 Å². The van der Waals surface area contributed by atoms with E-state index < -0.39 is 5.97 Å². The molecule has 0 radical (unpaired) electrons. The number of aliphatic carboxylic acids is 1. The molecule has 0 heterocycles. The van der Waals surface area contributed by atoms with Crippen molar-refractivity contribution in [3.63, 3.8) is 0 Å². The number of nitrogens with two attached hydrogens (primary N) is 1. The van der Waals surface area contributed by atoms with Gasteiger partial charge in [0.15, 0.2) is 0 Å². The Morgan fingerprint density at radius 2 is 1.04 bits per heavy atom. The van der Waals surface area contributed by atoms with Crippen molar-refractivity contribution in [2.45, 2.75) is 129 Å². The van der Waals surface area contributed by atoms with E-state index >= 15 is 0 Å². The molecule has 0 saturated heterocycles. The molecule has 0 bridgehead atoms. The standard InChI is InChI=1S/C18H39N.C6H12O2S/c1-2-3-4-5-6-7-8-9-10-11-12-13-14-15-16-17-18-19;1-2-4-9-5-3-6(7)8/h2-19H2,1H3;2-5H2,1H3,(H,7,8). The van der Waals surface area contributed by atoms with Crippen LogP contribution in [0.4, 0.5) is 0 Å². The van der Waals surface area contributed by atoms with Gasteiger partial charge in [-0.15, -0.1) is 0 Å². The number of thioether (sulfide) groups is 1. The fourth-order valence-electron chi connectivity index (χ4n) is 3.10. The van der Waals surface area contributed by atoms with Crippen molar-refractivity contribution in [3.8, 4) is 0 Å². The van der Waals surface area contributed by atoms with E-state index in [2.05, 4.69) is 13.8 Å². The maximum atomic E-state index is 9.95. The lowest BCUT2D eigenvalue weighted by Gasteiger charge is -2.03. The number of carbonyl (C=O) groups is 1. The summed E-state index contributed by atoms with van der Waals surface area (Å²) in [7, 11) is 0. The third-order valence-electron chi connectivity index (χ3n) is 4.87. The highest BCUT2D eigenvalue weighted by molar-refractivity contribution is 7.99. The minimum atomic E-state index is -0.696. The van der Waals surface area contributed by atoms with E-state index in [1.165, 1.54) is 103 Å². The van der Waals surface area contributed by atoms with E-state index in [9.17, 15) is 4.79 Å². The first-order chi connectivity index (χ1) is 13.7. The van der Waals surface area contributed by atoms with Gasteiger partial charge in [0.1, 0.15) is 0 Å². The van der Waals surface area contributed by atoms with E-state index in [0.717, 1.165) is 24.5 Å². The molecule has 0 atom stereocenters. The van der Waals surface area contributed by atoms with Gasteiger partial charge in [-0.3, -0.25) is 4.79 Å². The van der Waals surface area contributed by atoms with Crippen LogP contribution in [0.2, 0.25) is 0 Å². The predicted molar refractivity (Wildman–Crippen MR) is 128 cm³/mol. The van der Waals surface area contributed by atoms with Crippen molar-refractivity contribution in [3.05, 3.63) is 0 Å². The molecule has 0 amide bonds. The molecule has 0 fully saturated rings. The second-order valence-corrected chi connectivity index (χ2v) is 9.07. The van der Waals surface area contributed by atoms with Crippen LogP contribution in [-0.4, -0.2) is 29.1 Å². The summed E-state index contributed by atoms with van der Waals surface area (Å²) < 4.78 is 0. The molecule has 3 nitrogen and oxygen atoms in total. The van der Waals surface area contributed by atoms with Gasteiger partial charge in [-0.05, 0) is 25.1 Å². The van der Waals surface area contributed by atoms with Crippen molar-refractivity contribution in [2.75, 3.05) is 18.1 Å². The van der Waals surface area contributed by atoms with Crippen molar-refractivity contribution >= 4 is 17.7 Å². The minimum absolute atomic E-state index is 0.296. The van der Waals surface area contributed by atoms with Crippen LogP contribution in [0.5, 0.6) is 0 Å². The van der Waals surface area contributed by atoms with Crippen LogP contribution in [0, 0.1) is 0 Å². The van der Waals surface area contributed by atoms with Crippen molar-refractivity contribution < 1.29 is 9.90 Å². The molecule has 0 aliphatic heterocycles. The third kappa shape index (κ3) is 33.4. The summed E-state index contributed by atoms with van der Waals surface area (Å²) >= 11 is 1.70. The smallest absolute Gasteiger partial charge is 0.304 e. The Kier molecular flexibility index (Phi) is 31.0. The number of hydrogen-bond donors (Lipinski definition) is 2. The zero-order valence-electron chi connectivity index (χ0n) is 19.2. The van der Waals surface area contributed by atoms with Gasteiger partial charge >= 0.3 is 5.97 Å². The molecule has 4 heteroatoms. The largest absolute Gasteiger partial charge is 0.481 e. The van der Waals surface area contributed by atoms with E-state index in [1.807, 2.05) is 0 Å². The molecule has 0 aliphatic rings. The van der Waals surface area contributed by atoms with Gasteiger partial charge in [-0.1, -0.05) is 110 Å². The summed E-state index contributed by atoms with van der Waals surface area (Å²) in [6.07, 6.45) is 24.3. The summed E-state index contributed by atoms with van der Waals surface area (Å²) in [5.74, 6) is 1.13. The molecule has 0 saturated carbocycles. The number of hydrogen-bond acceptors (Lipinski definition) is 3. The van der Waals surface area contributed by atoms with Gasteiger partial charge in [-0.2, -0.15) is 11.8 Å². The third-order valence-corrected chi connectivity index (χ3v) is 6.06. The van der Waals surface area contributed by atoms with E-state index in [4.69, 9.17) is 10.8 Å². The fraction of sp³-hybridized carbons (Fsp3) is 0.958. The molecule has 0 aliphatic carbocycles. The number of unbranched alkanes of at least 4 members (excludes halogenated alkanes) is 15. The lowest BCUT2D eigenvalue weighted by atomic mass is 10.0. The van der Waals surface area contributed by atoms with Crippen LogP contribution in [0.25, 0.3) is 0 Å². The Morgan fingerprint density at radius 3 is 1.36 bits per heavy atom. The first-order valence-electron chi connectivity index (χ1n) is 12.2. The van der Waals surface area contributed by atoms with Crippen LogP contribution in [0.15, 0.2) is 0 Å². The van der Waals surface area contributed by atoms with Gasteiger partial charge in [0.2, 0.25) is 0 Å². The Labute approximate surface area is 181 Å². The van der Waals surface area contributed by atoms with E-state index in [0.29, 0.717) is 6.42 Å². The number of rotatable bonds is 21. The Bertz CT molecular complexity index is 272. The Hall–Kier alpha value is -0.220. The molecule has 0 aromatic carbocycles. The maximum absolute atomic E-state index is 9.95. The fourth-order valence-corrected chi connectivity index (χ4v) is 3.91. The van der Waals surface area contributed by atoms with Crippen LogP contribution in [0.1, 0.15) is 129 Å². The molecule has 0 aromatic heterocycles. The van der Waals surface area contributed by atoms with Gasteiger partial charge in [0.05, 0.1) is 6.42 Å². The molecule has 0 rings (SSSR count). The normalized spacial score (nSPS) is 10.5. The monoisotopic (exact) mass is 417 g/mol. The van der Waals surface area contributed by atoms with Crippen LogP contribution in [0.3, 0.4) is 0 Å². The zero-order chi connectivity index (χ0) is 21.1. The average Bonchev–Trinajstić information content (AvgIpc) is 2.69. The summed E-state index contributed by atoms with van der Waals surface area (Å²) in [5, 5.41) is 8.20. The quantitative estimate of drug-likeness (QED) is 0.187. The summed E-state index contributed by atoms with van der Waals surface area (Å²) in [5.41, 5.74) is 5.48. The molecule has 0 unspecified atom stereocenters. The van der Waals surface area contributed by atoms with E-state index in [1.54, 1.807) is 11.8 Å². The second kappa shape index (κ2) is 29.0. The van der Waals surface area contributed by atoms with Crippen LogP contribution < -0.4 is 5.73 Å². The summed E-state index contributed by atoms with van der Waals surface area (Å²) in [6.45, 7) is 5.25. The summed E-state index contributed by atoms with van der Waals surface area (Å²) in [4.78, 5) is 9.95. The highest BCUT2D eigenvalue weighted by Gasteiger charge is 1.95. The minimum Gasteiger partial charge on any atom is -0.481 e. The number of carboxylic acid groups (broad SMARTS) is 1. The average molecular weight is 418 g/mol. The second-order valence-electron chi connectivity index (χ2n) is 7.85. The number of carboxylic acids is 1. The molecule has 0 spiro atoms. The summed E-state index contributed by atoms with van der Waals surface area (Å²) in [6, 6.07) is 0. The topological polar surface area (TPSA) is 63.3 Å². The SMILES string of the molecule is CCCCCCCCCCCCCCCCCCN.CCCSCCC(=O)O. The molecule has 170 valence electrons. The highest BCUT2D eigenvalue weighted by atomic mass is 32.2. The lowest BCUT2D eigenvalue weighted by molar-refractivity contribution is -0.136. The van der Waals surface area contributed by atoms with Crippen LogP contribution >= 0.6 is 11.8 Å². The molecule has 0 aromatic rings. The Morgan fingerprint density at radius 1 is 0.643 bits per heavy atom. The van der Waals surface area contributed by atoms with Crippen molar-refractivity contribution in [1.82, 2.24) is 0 Å². The maximum Gasteiger partial charge on any atom is 0.304 e. The molecular weight excluding hydrogens is 366 g/mol. The van der Waals surface area contributed by atoms with Gasteiger partial charge in [0.25, 0.3) is 0 Å². The van der Waals surface area contributed by atoms with Crippen molar-refractivity contribution in [2.24, 2.45) is 5.73 Å². The molecule has 3 N–H and O–H groups in total. The van der Waals surface area contributed by atoms with Crippen LogP contribution in [-0.2, 0) is 4.79 Å². The lowest BCUT2D eigenvalue weighted by Crippen LogP contribution is -1.97. The van der Waals surface area contributed by atoms with Gasteiger partial charge in [-0.25, -0.2) is 0 Å².